The topological polar surface area (TPSA) is 43.1 Å². The Morgan fingerprint density at radius 3 is 2.50 bits per heavy atom. The lowest BCUT2D eigenvalue weighted by molar-refractivity contribution is 0.822. The lowest BCUT2D eigenvalue weighted by Gasteiger charge is -2.02. The Kier molecular flexibility index (Phi) is 3.69. The number of nitrogens with zero attached hydrogens (tertiary/aromatic N) is 4. The molecule has 24 heavy (non-hydrogen) atoms. The number of hydrogen-bond donors (Lipinski definition) is 0. The number of rotatable bonds is 3. The summed E-state index contributed by atoms with van der Waals surface area (Å²) in [6, 6.07) is 12.3. The van der Waals surface area contributed by atoms with Gasteiger partial charge >= 0.3 is 0 Å². The summed E-state index contributed by atoms with van der Waals surface area (Å²) in [7, 11) is 0. The van der Waals surface area contributed by atoms with E-state index in [1.807, 2.05) is 42.6 Å². The fourth-order valence-corrected chi connectivity index (χ4v) is 3.36. The van der Waals surface area contributed by atoms with Crippen LogP contribution in [0.5, 0.6) is 0 Å². The van der Waals surface area contributed by atoms with Crippen molar-refractivity contribution < 1.29 is 0 Å². The number of fused-ring (bicyclic) bond motifs is 3. The molecule has 120 valence electrons. The van der Waals surface area contributed by atoms with Crippen molar-refractivity contribution in [2.45, 2.75) is 26.7 Å². The first-order valence-electron chi connectivity index (χ1n) is 7.97. The van der Waals surface area contributed by atoms with Gasteiger partial charge in [0.25, 0.3) is 0 Å². The van der Waals surface area contributed by atoms with Crippen LogP contribution in [0.25, 0.3) is 16.4 Å². The highest BCUT2D eigenvalue weighted by molar-refractivity contribution is 6.30. The maximum atomic E-state index is 6.55. The summed E-state index contributed by atoms with van der Waals surface area (Å²) in [5, 5.41) is 2.94. The summed E-state index contributed by atoms with van der Waals surface area (Å²) in [5.74, 6) is 0.838. The van der Waals surface area contributed by atoms with Crippen LogP contribution in [0.3, 0.4) is 0 Å². The summed E-state index contributed by atoms with van der Waals surface area (Å²) in [6.45, 7) is 3.98. The standard InChI is InChI=1S/C19H17ClN4/c1-12-11-13(2)22-17(21-12)8-7-16-18(20)24-10-9-14-5-3-4-6-15(14)19(24)23-16/h3-6,9-11H,7-8H2,1-2H3. The van der Waals surface area contributed by atoms with E-state index in [4.69, 9.17) is 16.6 Å². The van der Waals surface area contributed by atoms with Crippen molar-refractivity contribution in [3.63, 3.8) is 0 Å². The van der Waals surface area contributed by atoms with Crippen molar-refractivity contribution in [1.82, 2.24) is 19.4 Å². The van der Waals surface area contributed by atoms with Crippen molar-refractivity contribution in [2.24, 2.45) is 0 Å². The molecule has 0 saturated carbocycles. The Bertz CT molecular complexity index is 1030. The Balaban J connectivity index is 1.71. The second kappa shape index (κ2) is 5.87. The largest absolute Gasteiger partial charge is 0.290 e. The van der Waals surface area contributed by atoms with E-state index in [0.717, 1.165) is 52.2 Å². The monoisotopic (exact) mass is 336 g/mol. The molecular formula is C19H17ClN4. The van der Waals surface area contributed by atoms with Gasteiger partial charge in [0.15, 0.2) is 0 Å². The van der Waals surface area contributed by atoms with Crippen LogP contribution in [0.15, 0.2) is 42.6 Å². The summed E-state index contributed by atoms with van der Waals surface area (Å²) >= 11 is 6.55. The second-order valence-corrected chi connectivity index (χ2v) is 6.37. The third-order valence-corrected chi connectivity index (χ3v) is 4.54. The minimum absolute atomic E-state index is 0.667. The van der Waals surface area contributed by atoms with Gasteiger partial charge in [0.1, 0.15) is 16.6 Å². The number of halogens is 1. The van der Waals surface area contributed by atoms with Gasteiger partial charge in [-0.2, -0.15) is 0 Å². The first kappa shape index (κ1) is 15.1. The summed E-state index contributed by atoms with van der Waals surface area (Å²) < 4.78 is 1.95. The van der Waals surface area contributed by atoms with Crippen molar-refractivity contribution in [3.05, 3.63) is 70.7 Å². The van der Waals surface area contributed by atoms with Crippen molar-refractivity contribution in [2.75, 3.05) is 0 Å². The predicted molar refractivity (Wildman–Crippen MR) is 96.6 cm³/mol. The van der Waals surface area contributed by atoms with Crippen molar-refractivity contribution in [1.29, 1.82) is 0 Å². The molecule has 4 aromatic rings. The molecule has 0 aliphatic heterocycles. The molecule has 0 saturated heterocycles. The fourth-order valence-electron chi connectivity index (χ4n) is 3.09. The molecule has 0 amide bonds. The number of aromatic nitrogens is 4. The summed E-state index contributed by atoms with van der Waals surface area (Å²) in [6.07, 6.45) is 3.42. The Labute approximate surface area is 145 Å². The fraction of sp³-hybridized carbons (Fsp3) is 0.211. The molecule has 0 bridgehead atoms. The average molecular weight is 337 g/mol. The van der Waals surface area contributed by atoms with Crippen LogP contribution in [0.2, 0.25) is 5.15 Å². The minimum atomic E-state index is 0.667. The number of hydrogen-bond acceptors (Lipinski definition) is 3. The van der Waals surface area contributed by atoms with Gasteiger partial charge in [0.05, 0.1) is 5.69 Å². The molecule has 3 heterocycles. The number of benzene rings is 1. The van der Waals surface area contributed by atoms with E-state index in [2.05, 4.69) is 28.2 Å². The van der Waals surface area contributed by atoms with Crippen LogP contribution in [0, 0.1) is 13.8 Å². The molecular weight excluding hydrogens is 320 g/mol. The molecule has 4 rings (SSSR count). The van der Waals surface area contributed by atoms with Crippen LogP contribution in [0.4, 0.5) is 0 Å². The molecule has 0 unspecified atom stereocenters. The lowest BCUT2D eigenvalue weighted by Crippen LogP contribution is -2.01. The van der Waals surface area contributed by atoms with E-state index in [0.29, 0.717) is 5.15 Å². The molecule has 0 fully saturated rings. The first-order chi connectivity index (χ1) is 11.6. The normalized spacial score (nSPS) is 11.5. The number of aryl methyl sites for hydroxylation is 4. The van der Waals surface area contributed by atoms with E-state index < -0.39 is 0 Å². The van der Waals surface area contributed by atoms with Gasteiger partial charge in [-0.05, 0) is 37.8 Å². The third kappa shape index (κ3) is 2.63. The maximum Gasteiger partial charge on any atom is 0.146 e. The van der Waals surface area contributed by atoms with Crippen LogP contribution < -0.4 is 0 Å². The molecule has 3 aromatic heterocycles. The molecule has 4 nitrogen and oxygen atoms in total. The van der Waals surface area contributed by atoms with E-state index in [9.17, 15) is 0 Å². The number of pyridine rings is 1. The molecule has 0 N–H and O–H groups in total. The minimum Gasteiger partial charge on any atom is -0.290 e. The maximum absolute atomic E-state index is 6.55. The van der Waals surface area contributed by atoms with E-state index in [-0.39, 0.29) is 0 Å². The van der Waals surface area contributed by atoms with Gasteiger partial charge < -0.3 is 0 Å². The second-order valence-electron chi connectivity index (χ2n) is 6.01. The van der Waals surface area contributed by atoms with Crippen LogP contribution in [0.1, 0.15) is 22.9 Å². The number of imidazole rings is 1. The predicted octanol–water partition coefficient (Wildman–Crippen LogP) is 4.33. The molecule has 0 aliphatic rings. The smallest absolute Gasteiger partial charge is 0.146 e. The zero-order chi connectivity index (χ0) is 16.7. The SMILES string of the molecule is Cc1cc(C)nc(CCc2nc3c4ccccc4ccn3c2Cl)n1. The third-order valence-electron chi connectivity index (χ3n) is 4.14. The van der Waals surface area contributed by atoms with E-state index in [1.54, 1.807) is 0 Å². The summed E-state index contributed by atoms with van der Waals surface area (Å²) in [5.41, 5.74) is 3.76. The highest BCUT2D eigenvalue weighted by Gasteiger charge is 2.13. The highest BCUT2D eigenvalue weighted by Crippen LogP contribution is 2.25. The summed E-state index contributed by atoms with van der Waals surface area (Å²) in [4.78, 5) is 13.8. The van der Waals surface area contributed by atoms with Crippen LogP contribution >= 0.6 is 11.6 Å². The highest BCUT2D eigenvalue weighted by atomic mass is 35.5. The Morgan fingerprint density at radius 2 is 1.71 bits per heavy atom. The van der Waals surface area contributed by atoms with Gasteiger partial charge in [-0.3, -0.25) is 4.40 Å². The lowest BCUT2D eigenvalue weighted by atomic mass is 10.2. The van der Waals surface area contributed by atoms with Gasteiger partial charge in [-0.25, -0.2) is 15.0 Å². The zero-order valence-electron chi connectivity index (χ0n) is 13.6. The Morgan fingerprint density at radius 1 is 0.958 bits per heavy atom. The molecule has 5 heteroatoms. The quantitative estimate of drug-likeness (QED) is 0.559. The van der Waals surface area contributed by atoms with Gasteiger partial charge in [0.2, 0.25) is 0 Å². The zero-order valence-corrected chi connectivity index (χ0v) is 14.4. The molecule has 0 spiro atoms. The average Bonchev–Trinajstić information content (AvgIpc) is 2.89. The van der Waals surface area contributed by atoms with Crippen LogP contribution in [-0.2, 0) is 12.8 Å². The van der Waals surface area contributed by atoms with Gasteiger partial charge in [-0.1, -0.05) is 35.9 Å². The molecule has 1 aromatic carbocycles. The van der Waals surface area contributed by atoms with Gasteiger partial charge in [-0.15, -0.1) is 0 Å². The molecule has 0 radical (unpaired) electrons. The van der Waals surface area contributed by atoms with Crippen molar-refractivity contribution >= 4 is 28.0 Å². The van der Waals surface area contributed by atoms with E-state index in [1.165, 1.54) is 0 Å². The molecule has 0 atom stereocenters. The first-order valence-corrected chi connectivity index (χ1v) is 8.35. The Hall–Kier alpha value is -2.46. The van der Waals surface area contributed by atoms with Gasteiger partial charge in [0, 0.05) is 29.4 Å². The van der Waals surface area contributed by atoms with Crippen LogP contribution in [-0.4, -0.2) is 19.4 Å². The molecule has 0 aliphatic carbocycles. The van der Waals surface area contributed by atoms with E-state index >= 15 is 0 Å². The van der Waals surface area contributed by atoms with Crippen molar-refractivity contribution in [3.8, 4) is 0 Å².